The predicted molar refractivity (Wildman–Crippen MR) is 96.1 cm³/mol. The molecular weight excluding hydrogens is 364 g/mol. The molecule has 1 amide bonds. The molecule has 2 aromatic rings. The summed E-state index contributed by atoms with van der Waals surface area (Å²) >= 11 is 7.53. The first-order valence-electron chi connectivity index (χ1n) is 7.20. The van der Waals surface area contributed by atoms with E-state index in [9.17, 15) is 10.1 Å². The van der Waals surface area contributed by atoms with E-state index in [0.29, 0.717) is 22.2 Å². The fourth-order valence-corrected chi connectivity index (χ4v) is 2.89. The number of amides is 1. The number of nitriles is 1. The molecule has 0 spiro atoms. The average Bonchev–Trinajstić information content (AvgIpc) is 3.07. The third-order valence-electron chi connectivity index (χ3n) is 3.17. The normalized spacial score (nSPS) is 10.9. The minimum Gasteiger partial charge on any atom is -0.493 e. The molecule has 0 aliphatic rings. The van der Waals surface area contributed by atoms with Gasteiger partial charge in [-0.1, -0.05) is 29.9 Å². The van der Waals surface area contributed by atoms with E-state index in [1.165, 1.54) is 31.6 Å². The number of anilines is 1. The molecule has 0 atom stereocenters. The Bertz CT molecular complexity index is 858. The van der Waals surface area contributed by atoms with Crippen LogP contribution in [0.5, 0.6) is 11.5 Å². The van der Waals surface area contributed by atoms with Gasteiger partial charge in [0, 0.05) is 0 Å². The van der Waals surface area contributed by atoms with Crippen LogP contribution >= 0.6 is 22.9 Å². The summed E-state index contributed by atoms with van der Waals surface area (Å²) < 4.78 is 10.4. The number of rotatable bonds is 6. The predicted octanol–water partition coefficient (Wildman–Crippen LogP) is 3.32. The Labute approximate surface area is 153 Å². The van der Waals surface area contributed by atoms with Gasteiger partial charge in [0.2, 0.25) is 5.13 Å². The van der Waals surface area contributed by atoms with Crippen molar-refractivity contribution >= 4 is 40.1 Å². The monoisotopic (exact) mass is 378 g/mol. The average molecular weight is 379 g/mol. The maximum absolute atomic E-state index is 12.3. The van der Waals surface area contributed by atoms with Gasteiger partial charge in [0.1, 0.15) is 16.6 Å². The highest BCUT2D eigenvalue weighted by Gasteiger charge is 2.16. The number of nitrogens with zero attached hydrogens (tertiary/aromatic N) is 3. The maximum atomic E-state index is 12.3. The Morgan fingerprint density at radius 1 is 1.40 bits per heavy atom. The number of halogens is 1. The molecule has 2 rings (SSSR count). The van der Waals surface area contributed by atoms with Gasteiger partial charge in [-0.15, -0.1) is 10.2 Å². The van der Waals surface area contributed by atoms with Gasteiger partial charge in [-0.3, -0.25) is 10.1 Å². The van der Waals surface area contributed by atoms with Crippen LogP contribution in [0.1, 0.15) is 17.5 Å². The van der Waals surface area contributed by atoms with Crippen LogP contribution in [0.4, 0.5) is 5.13 Å². The van der Waals surface area contributed by atoms with Gasteiger partial charge in [-0.2, -0.15) is 5.26 Å². The first-order chi connectivity index (χ1) is 12.0. The van der Waals surface area contributed by atoms with Gasteiger partial charge >= 0.3 is 0 Å². The molecule has 0 fully saturated rings. The standard InChI is InChI=1S/C16H15ClN4O3S/c1-4-12-20-21-16(25-12)19-15(22)10(8-18)7-9-5-6-11(23-2)14(24-3)13(9)17/h5-7H,4H2,1-3H3,(H,19,21,22)/b10-7+. The van der Waals surface area contributed by atoms with Gasteiger partial charge in [-0.05, 0) is 30.2 Å². The lowest BCUT2D eigenvalue weighted by atomic mass is 10.1. The van der Waals surface area contributed by atoms with Crippen LogP contribution in [0.3, 0.4) is 0 Å². The molecule has 7 nitrogen and oxygen atoms in total. The largest absolute Gasteiger partial charge is 0.493 e. The van der Waals surface area contributed by atoms with Crippen molar-refractivity contribution in [1.82, 2.24) is 10.2 Å². The zero-order valence-corrected chi connectivity index (χ0v) is 15.4. The zero-order chi connectivity index (χ0) is 18.4. The van der Waals surface area contributed by atoms with Crippen LogP contribution in [-0.4, -0.2) is 30.3 Å². The van der Waals surface area contributed by atoms with Crippen LogP contribution in [-0.2, 0) is 11.2 Å². The fourth-order valence-electron chi connectivity index (χ4n) is 1.93. The van der Waals surface area contributed by atoms with E-state index in [-0.39, 0.29) is 10.6 Å². The third-order valence-corrected chi connectivity index (χ3v) is 4.54. The number of carbonyl (C=O) groups excluding carboxylic acids is 1. The summed E-state index contributed by atoms with van der Waals surface area (Å²) in [6, 6.07) is 5.13. The number of ether oxygens (including phenoxy) is 2. The quantitative estimate of drug-likeness (QED) is 0.611. The number of benzene rings is 1. The SMILES string of the molecule is CCc1nnc(NC(=O)/C(C#N)=C/c2ccc(OC)c(OC)c2Cl)s1. The second-order valence-electron chi connectivity index (χ2n) is 4.68. The second kappa shape index (κ2) is 8.46. The number of aromatic nitrogens is 2. The van der Waals surface area contributed by atoms with E-state index in [4.69, 9.17) is 21.1 Å². The van der Waals surface area contributed by atoms with E-state index in [0.717, 1.165) is 11.4 Å². The van der Waals surface area contributed by atoms with E-state index in [1.807, 2.05) is 13.0 Å². The third kappa shape index (κ3) is 4.26. The Kier molecular flexibility index (Phi) is 6.33. The number of carbonyl (C=O) groups is 1. The van der Waals surface area contributed by atoms with Crippen molar-refractivity contribution in [3.8, 4) is 17.6 Å². The van der Waals surface area contributed by atoms with Crippen molar-refractivity contribution in [2.45, 2.75) is 13.3 Å². The van der Waals surface area contributed by atoms with Crippen molar-refractivity contribution in [1.29, 1.82) is 5.26 Å². The molecule has 0 unspecified atom stereocenters. The molecule has 0 aliphatic heterocycles. The lowest BCUT2D eigenvalue weighted by Crippen LogP contribution is -2.13. The highest BCUT2D eigenvalue weighted by molar-refractivity contribution is 7.15. The summed E-state index contributed by atoms with van der Waals surface area (Å²) in [5, 5.41) is 21.0. The molecule has 9 heteroatoms. The molecule has 0 aliphatic carbocycles. The van der Waals surface area contributed by atoms with Crippen LogP contribution in [0, 0.1) is 11.3 Å². The van der Waals surface area contributed by atoms with Gasteiger partial charge < -0.3 is 9.47 Å². The summed E-state index contributed by atoms with van der Waals surface area (Å²) in [7, 11) is 2.94. The molecule has 130 valence electrons. The fraction of sp³-hybridized carbons (Fsp3) is 0.250. The Balaban J connectivity index is 2.30. The van der Waals surface area contributed by atoms with E-state index < -0.39 is 5.91 Å². The maximum Gasteiger partial charge on any atom is 0.268 e. The molecule has 1 aromatic carbocycles. The van der Waals surface area contributed by atoms with Crippen molar-refractivity contribution in [2.75, 3.05) is 19.5 Å². The van der Waals surface area contributed by atoms with Crippen molar-refractivity contribution in [2.24, 2.45) is 0 Å². The second-order valence-corrected chi connectivity index (χ2v) is 6.12. The number of methoxy groups -OCH3 is 2. The molecule has 1 N–H and O–H groups in total. The van der Waals surface area contributed by atoms with Gasteiger partial charge in [0.25, 0.3) is 5.91 Å². The molecular formula is C16H15ClN4O3S. The highest BCUT2D eigenvalue weighted by Crippen LogP contribution is 2.38. The lowest BCUT2D eigenvalue weighted by Gasteiger charge is -2.11. The van der Waals surface area contributed by atoms with Crippen molar-refractivity contribution in [3.63, 3.8) is 0 Å². The molecule has 0 saturated carbocycles. The minimum atomic E-state index is -0.591. The summed E-state index contributed by atoms with van der Waals surface area (Å²) in [6.07, 6.45) is 2.09. The summed E-state index contributed by atoms with van der Waals surface area (Å²) in [6.45, 7) is 1.94. The van der Waals surface area contributed by atoms with Crippen molar-refractivity contribution in [3.05, 3.63) is 33.3 Å². The topological polar surface area (TPSA) is 97.1 Å². The van der Waals surface area contributed by atoms with Gasteiger partial charge in [0.05, 0.1) is 19.2 Å². The first kappa shape index (κ1) is 18.7. The molecule has 0 radical (unpaired) electrons. The smallest absolute Gasteiger partial charge is 0.268 e. The summed E-state index contributed by atoms with van der Waals surface area (Å²) in [4.78, 5) is 12.3. The van der Waals surface area contributed by atoms with E-state index in [1.54, 1.807) is 12.1 Å². The van der Waals surface area contributed by atoms with Gasteiger partial charge in [0.15, 0.2) is 11.5 Å². The number of nitrogens with one attached hydrogen (secondary N) is 1. The number of hydrogen-bond acceptors (Lipinski definition) is 7. The molecule has 0 bridgehead atoms. The zero-order valence-electron chi connectivity index (χ0n) is 13.8. The summed E-state index contributed by atoms with van der Waals surface area (Å²) in [5.41, 5.74) is 0.333. The molecule has 1 aromatic heterocycles. The summed E-state index contributed by atoms with van der Waals surface area (Å²) in [5.74, 6) is 0.188. The van der Waals surface area contributed by atoms with Crippen LogP contribution in [0.2, 0.25) is 5.02 Å². The molecule has 25 heavy (non-hydrogen) atoms. The van der Waals surface area contributed by atoms with E-state index >= 15 is 0 Å². The Hall–Kier alpha value is -2.63. The van der Waals surface area contributed by atoms with Crippen LogP contribution in [0.15, 0.2) is 17.7 Å². The minimum absolute atomic E-state index is 0.123. The van der Waals surface area contributed by atoms with E-state index in [2.05, 4.69) is 15.5 Å². The van der Waals surface area contributed by atoms with Crippen LogP contribution in [0.25, 0.3) is 6.08 Å². The van der Waals surface area contributed by atoms with Crippen molar-refractivity contribution < 1.29 is 14.3 Å². The molecule has 1 heterocycles. The Morgan fingerprint density at radius 2 is 2.16 bits per heavy atom. The highest BCUT2D eigenvalue weighted by atomic mass is 35.5. The van der Waals surface area contributed by atoms with Crippen LogP contribution < -0.4 is 14.8 Å². The number of hydrogen-bond donors (Lipinski definition) is 1. The number of aryl methyl sites for hydroxylation is 1. The lowest BCUT2D eigenvalue weighted by molar-refractivity contribution is -0.112. The molecule has 0 saturated heterocycles. The first-order valence-corrected chi connectivity index (χ1v) is 8.39. The Morgan fingerprint density at radius 3 is 2.72 bits per heavy atom. The van der Waals surface area contributed by atoms with Gasteiger partial charge in [-0.25, -0.2) is 0 Å².